The Balaban J connectivity index is 2.25. The average molecular weight is 312 g/mol. The van der Waals surface area contributed by atoms with E-state index in [9.17, 15) is 13.6 Å². The van der Waals surface area contributed by atoms with Crippen molar-refractivity contribution >= 4 is 27.5 Å². The average Bonchev–Trinajstić information content (AvgIpc) is 2.32. The zero-order valence-electron chi connectivity index (χ0n) is 9.08. The Labute approximate surface area is 111 Å². The van der Waals surface area contributed by atoms with E-state index in [1.54, 1.807) is 6.07 Å². The van der Waals surface area contributed by atoms with Gasteiger partial charge >= 0.3 is 0 Å². The first-order valence-corrected chi connectivity index (χ1v) is 5.88. The van der Waals surface area contributed by atoms with Gasteiger partial charge in [-0.2, -0.15) is 0 Å². The first kappa shape index (κ1) is 12.7. The molecule has 0 fully saturated rings. The quantitative estimate of drug-likeness (QED) is 0.893. The molecular formula is C13H8BrF2NO. The third kappa shape index (κ3) is 2.73. The van der Waals surface area contributed by atoms with Gasteiger partial charge in [0.2, 0.25) is 0 Å². The van der Waals surface area contributed by atoms with Crippen LogP contribution in [-0.2, 0) is 0 Å². The second-order valence-electron chi connectivity index (χ2n) is 3.57. The second kappa shape index (κ2) is 5.27. The van der Waals surface area contributed by atoms with E-state index in [-0.39, 0.29) is 10.0 Å². The molecule has 2 aromatic carbocycles. The van der Waals surface area contributed by atoms with E-state index >= 15 is 0 Å². The lowest BCUT2D eigenvalue weighted by molar-refractivity contribution is 0.102. The van der Waals surface area contributed by atoms with E-state index < -0.39 is 17.5 Å². The SMILES string of the molecule is O=C(Nc1cccc(F)c1)c1cccc(F)c1Br. The number of benzene rings is 2. The Morgan fingerprint density at radius 2 is 1.83 bits per heavy atom. The van der Waals surface area contributed by atoms with Crippen molar-refractivity contribution in [3.8, 4) is 0 Å². The fraction of sp³-hybridized carbons (Fsp3) is 0. The monoisotopic (exact) mass is 311 g/mol. The first-order chi connectivity index (χ1) is 8.58. The molecule has 2 rings (SSSR count). The van der Waals surface area contributed by atoms with Gasteiger partial charge in [0.1, 0.15) is 11.6 Å². The molecule has 1 N–H and O–H groups in total. The van der Waals surface area contributed by atoms with E-state index in [0.29, 0.717) is 5.69 Å². The molecule has 92 valence electrons. The van der Waals surface area contributed by atoms with Crippen LogP contribution in [0, 0.1) is 11.6 Å². The minimum absolute atomic E-state index is 0.0823. The Bertz CT molecular complexity index is 601. The minimum atomic E-state index is -0.526. The molecule has 18 heavy (non-hydrogen) atoms. The van der Waals surface area contributed by atoms with Crippen molar-refractivity contribution < 1.29 is 13.6 Å². The van der Waals surface area contributed by atoms with Gasteiger partial charge < -0.3 is 5.32 Å². The molecule has 2 aromatic rings. The summed E-state index contributed by atoms with van der Waals surface area (Å²) in [4.78, 5) is 11.9. The summed E-state index contributed by atoms with van der Waals surface area (Å²) in [6.07, 6.45) is 0. The Morgan fingerprint density at radius 1 is 1.11 bits per heavy atom. The Kier molecular flexibility index (Phi) is 3.72. The molecule has 0 radical (unpaired) electrons. The molecule has 0 spiro atoms. The summed E-state index contributed by atoms with van der Waals surface area (Å²) in [6, 6.07) is 9.63. The standard InChI is InChI=1S/C13H8BrF2NO/c14-12-10(5-2-6-11(12)16)13(18)17-9-4-1-3-8(15)7-9/h1-7H,(H,17,18). The molecule has 0 saturated heterocycles. The smallest absolute Gasteiger partial charge is 0.256 e. The normalized spacial score (nSPS) is 10.2. The lowest BCUT2D eigenvalue weighted by atomic mass is 10.2. The molecule has 0 saturated carbocycles. The second-order valence-corrected chi connectivity index (χ2v) is 4.36. The maximum atomic E-state index is 13.3. The number of hydrogen-bond donors (Lipinski definition) is 1. The number of rotatable bonds is 2. The van der Waals surface area contributed by atoms with Crippen LogP contribution in [0.5, 0.6) is 0 Å². The van der Waals surface area contributed by atoms with Crippen LogP contribution >= 0.6 is 15.9 Å². The molecule has 0 atom stereocenters. The molecule has 0 aromatic heterocycles. The summed E-state index contributed by atoms with van der Waals surface area (Å²) >= 11 is 3.00. The van der Waals surface area contributed by atoms with Crippen molar-refractivity contribution in [1.82, 2.24) is 0 Å². The summed E-state index contributed by atoms with van der Waals surface area (Å²) in [5.41, 5.74) is 0.468. The predicted octanol–water partition coefficient (Wildman–Crippen LogP) is 3.98. The van der Waals surface area contributed by atoms with E-state index in [4.69, 9.17) is 0 Å². The van der Waals surface area contributed by atoms with Gasteiger partial charge in [0.25, 0.3) is 5.91 Å². The zero-order valence-corrected chi connectivity index (χ0v) is 10.7. The zero-order chi connectivity index (χ0) is 13.1. The van der Waals surface area contributed by atoms with E-state index in [2.05, 4.69) is 21.2 Å². The molecule has 0 unspecified atom stereocenters. The van der Waals surface area contributed by atoms with Gasteiger partial charge in [0.15, 0.2) is 0 Å². The Morgan fingerprint density at radius 3 is 2.56 bits per heavy atom. The molecule has 5 heteroatoms. The molecule has 2 nitrogen and oxygen atoms in total. The number of halogens is 3. The van der Waals surface area contributed by atoms with Crippen LogP contribution < -0.4 is 5.32 Å². The van der Waals surface area contributed by atoms with Crippen molar-refractivity contribution in [1.29, 1.82) is 0 Å². The third-order valence-corrected chi connectivity index (χ3v) is 3.08. The summed E-state index contributed by atoms with van der Waals surface area (Å²) < 4.78 is 26.3. The fourth-order valence-corrected chi connectivity index (χ4v) is 1.89. The number of carbonyl (C=O) groups excluding carboxylic acids is 1. The van der Waals surface area contributed by atoms with Crippen molar-refractivity contribution in [2.24, 2.45) is 0 Å². The molecule has 0 aliphatic carbocycles. The van der Waals surface area contributed by atoms with Crippen molar-refractivity contribution in [2.75, 3.05) is 5.32 Å². The Hall–Kier alpha value is -1.75. The van der Waals surface area contributed by atoms with E-state index in [1.807, 2.05) is 0 Å². The molecule has 0 heterocycles. The van der Waals surface area contributed by atoms with Gasteiger partial charge in [-0.3, -0.25) is 4.79 Å². The summed E-state index contributed by atoms with van der Waals surface area (Å²) in [5.74, 6) is -1.49. The molecule has 0 aliphatic rings. The summed E-state index contributed by atoms with van der Waals surface area (Å²) in [5, 5.41) is 2.49. The van der Waals surface area contributed by atoms with Gasteiger partial charge in [-0.05, 0) is 46.3 Å². The molecule has 1 amide bonds. The number of anilines is 1. The van der Waals surface area contributed by atoms with Gasteiger partial charge in [0, 0.05) is 5.69 Å². The van der Waals surface area contributed by atoms with Gasteiger partial charge in [-0.25, -0.2) is 8.78 Å². The lowest BCUT2D eigenvalue weighted by Gasteiger charge is -2.07. The topological polar surface area (TPSA) is 29.1 Å². The van der Waals surface area contributed by atoms with Crippen LogP contribution in [0.2, 0.25) is 0 Å². The summed E-state index contributed by atoms with van der Waals surface area (Å²) in [7, 11) is 0. The fourth-order valence-electron chi connectivity index (χ4n) is 1.44. The van der Waals surface area contributed by atoms with E-state index in [1.165, 1.54) is 36.4 Å². The molecule has 0 bridgehead atoms. The number of nitrogens with one attached hydrogen (secondary N) is 1. The highest BCUT2D eigenvalue weighted by Crippen LogP contribution is 2.21. The third-order valence-electron chi connectivity index (χ3n) is 2.28. The molecule has 0 aliphatic heterocycles. The van der Waals surface area contributed by atoms with Crippen LogP contribution in [0.25, 0.3) is 0 Å². The number of hydrogen-bond acceptors (Lipinski definition) is 1. The highest BCUT2D eigenvalue weighted by atomic mass is 79.9. The largest absolute Gasteiger partial charge is 0.322 e. The van der Waals surface area contributed by atoms with E-state index in [0.717, 1.165) is 0 Å². The van der Waals surface area contributed by atoms with Crippen LogP contribution in [0.3, 0.4) is 0 Å². The maximum Gasteiger partial charge on any atom is 0.256 e. The highest BCUT2D eigenvalue weighted by Gasteiger charge is 2.13. The van der Waals surface area contributed by atoms with Gasteiger partial charge in [0.05, 0.1) is 10.0 Å². The highest BCUT2D eigenvalue weighted by molar-refractivity contribution is 9.10. The summed E-state index contributed by atoms with van der Waals surface area (Å²) in [6.45, 7) is 0. The first-order valence-electron chi connectivity index (χ1n) is 5.09. The molecular weight excluding hydrogens is 304 g/mol. The van der Waals surface area contributed by atoms with Gasteiger partial charge in [-0.1, -0.05) is 12.1 Å². The van der Waals surface area contributed by atoms with Crippen LogP contribution in [0.1, 0.15) is 10.4 Å². The lowest BCUT2D eigenvalue weighted by Crippen LogP contribution is -2.13. The maximum absolute atomic E-state index is 13.3. The predicted molar refractivity (Wildman–Crippen MR) is 68.5 cm³/mol. The van der Waals surface area contributed by atoms with Crippen LogP contribution in [0.15, 0.2) is 46.9 Å². The number of carbonyl (C=O) groups is 1. The van der Waals surface area contributed by atoms with Crippen molar-refractivity contribution in [2.45, 2.75) is 0 Å². The van der Waals surface area contributed by atoms with Crippen LogP contribution in [-0.4, -0.2) is 5.91 Å². The number of amides is 1. The van der Waals surface area contributed by atoms with Crippen molar-refractivity contribution in [3.63, 3.8) is 0 Å². The van der Waals surface area contributed by atoms with Crippen LogP contribution in [0.4, 0.5) is 14.5 Å². The minimum Gasteiger partial charge on any atom is -0.322 e. The van der Waals surface area contributed by atoms with Crippen molar-refractivity contribution in [3.05, 3.63) is 64.1 Å². The van der Waals surface area contributed by atoms with Gasteiger partial charge in [-0.15, -0.1) is 0 Å².